The zero-order chi connectivity index (χ0) is 24.6. The van der Waals surface area contributed by atoms with Crippen LogP contribution in [0.4, 0.5) is 18.9 Å². The number of alkyl halides is 3. The fraction of sp³-hybridized carbons (Fsp3) is 0.409. The van der Waals surface area contributed by atoms with Crippen molar-refractivity contribution in [1.82, 2.24) is 4.31 Å². The molecule has 182 valence electrons. The molecule has 0 saturated carbocycles. The van der Waals surface area contributed by atoms with Crippen LogP contribution in [0.25, 0.3) is 0 Å². The summed E-state index contributed by atoms with van der Waals surface area (Å²) in [7, 11) is 0.448. The molecule has 0 fully saturated rings. The van der Waals surface area contributed by atoms with Crippen molar-refractivity contribution in [2.45, 2.75) is 25.4 Å². The van der Waals surface area contributed by atoms with Crippen LogP contribution in [0.3, 0.4) is 0 Å². The highest BCUT2D eigenvalue weighted by molar-refractivity contribution is 7.89. The summed E-state index contributed by atoms with van der Waals surface area (Å²) in [5, 5.41) is 0. The van der Waals surface area contributed by atoms with Crippen LogP contribution in [0.15, 0.2) is 54.6 Å². The fourth-order valence-corrected chi connectivity index (χ4v) is 4.19. The van der Waals surface area contributed by atoms with E-state index in [1.807, 2.05) is 30.3 Å². The maximum atomic E-state index is 13.1. The molecule has 0 aliphatic rings. The second kappa shape index (κ2) is 11.6. The van der Waals surface area contributed by atoms with Crippen LogP contribution >= 0.6 is 0 Å². The Bertz CT molecular complexity index is 995. The van der Waals surface area contributed by atoms with Gasteiger partial charge in [0.15, 0.2) is 6.29 Å². The number of anilines is 1. The molecule has 11 heteroatoms. The lowest BCUT2D eigenvalue weighted by molar-refractivity contribution is -0.172. The number of aryl methyl sites for hydroxylation is 1. The van der Waals surface area contributed by atoms with Crippen LogP contribution in [0, 0.1) is 0 Å². The van der Waals surface area contributed by atoms with E-state index < -0.39 is 34.9 Å². The average Bonchev–Trinajstić information content (AvgIpc) is 2.79. The van der Waals surface area contributed by atoms with Crippen LogP contribution < -0.4 is 4.90 Å². The lowest BCUT2D eigenvalue weighted by atomic mass is 10.1. The average molecular weight is 489 g/mol. The Morgan fingerprint density at radius 2 is 1.55 bits per heavy atom. The van der Waals surface area contributed by atoms with Gasteiger partial charge in [-0.15, -0.1) is 0 Å². The number of carbonyl (C=O) groups excluding carboxylic acids is 1. The lowest BCUT2D eigenvalue weighted by Crippen LogP contribution is -2.45. The summed E-state index contributed by atoms with van der Waals surface area (Å²) in [5.41, 5.74) is 1.45. The monoisotopic (exact) mass is 488 g/mol. The van der Waals surface area contributed by atoms with Crippen LogP contribution in [0.1, 0.15) is 11.1 Å². The summed E-state index contributed by atoms with van der Waals surface area (Å²) in [6, 6.07) is 14.8. The number of ether oxygens (including phenoxy) is 2. The van der Waals surface area contributed by atoms with Gasteiger partial charge < -0.3 is 9.47 Å². The van der Waals surface area contributed by atoms with E-state index >= 15 is 0 Å². The molecule has 0 bridgehead atoms. The van der Waals surface area contributed by atoms with E-state index in [0.717, 1.165) is 5.56 Å². The minimum Gasteiger partial charge on any atom is -0.354 e. The number of methoxy groups -OCH3 is 2. The van der Waals surface area contributed by atoms with Gasteiger partial charge in [-0.3, -0.25) is 9.69 Å². The van der Waals surface area contributed by atoms with Gasteiger partial charge in [0.25, 0.3) is 0 Å². The fourth-order valence-electron chi connectivity index (χ4n) is 3.04. The van der Waals surface area contributed by atoms with E-state index in [4.69, 9.17) is 9.47 Å². The summed E-state index contributed by atoms with van der Waals surface area (Å²) in [6.45, 7) is -0.236. The molecule has 1 amide bonds. The third-order valence-corrected chi connectivity index (χ3v) is 6.76. The number of hydrogen-bond acceptors (Lipinski definition) is 5. The van der Waals surface area contributed by atoms with Crippen molar-refractivity contribution in [2.24, 2.45) is 0 Å². The predicted molar refractivity (Wildman–Crippen MR) is 118 cm³/mol. The maximum Gasteiger partial charge on any atom is 0.471 e. The van der Waals surface area contributed by atoms with Crippen molar-refractivity contribution in [3.63, 3.8) is 0 Å². The van der Waals surface area contributed by atoms with Crippen LogP contribution in [0.5, 0.6) is 0 Å². The molecular weight excluding hydrogens is 461 g/mol. The minimum absolute atomic E-state index is 0.00997. The van der Waals surface area contributed by atoms with Gasteiger partial charge in [0.1, 0.15) is 0 Å². The topological polar surface area (TPSA) is 76.2 Å². The molecule has 0 aromatic heterocycles. The van der Waals surface area contributed by atoms with Crippen LogP contribution in [-0.4, -0.2) is 64.7 Å². The Morgan fingerprint density at radius 3 is 2.06 bits per heavy atom. The standard InChI is InChI=1S/C22H27F3N2O5S/c1-26(15-18-7-5-4-6-8-18)33(29,30)14-13-17-9-11-19(12-10-17)27(16-20(31-2)32-3)21(28)22(23,24)25/h4-12,20H,13-16H2,1-3H3. The Balaban J connectivity index is 2.09. The number of halogens is 3. The molecule has 2 aromatic rings. The lowest BCUT2D eigenvalue weighted by Gasteiger charge is -2.27. The Labute approximate surface area is 191 Å². The number of carbonyl (C=O) groups is 1. The number of hydrogen-bond donors (Lipinski definition) is 0. The summed E-state index contributed by atoms with van der Waals surface area (Å²) in [5.74, 6) is -2.23. The Morgan fingerprint density at radius 1 is 0.970 bits per heavy atom. The number of nitrogens with zero attached hydrogens (tertiary/aromatic N) is 2. The first-order valence-corrected chi connectivity index (χ1v) is 11.6. The van der Waals surface area contributed by atoms with E-state index in [1.54, 1.807) is 0 Å². The van der Waals surface area contributed by atoms with Gasteiger partial charge in [0.05, 0.1) is 12.3 Å². The van der Waals surface area contributed by atoms with Gasteiger partial charge in [-0.1, -0.05) is 42.5 Å². The quantitative estimate of drug-likeness (QED) is 0.454. The van der Waals surface area contributed by atoms with Gasteiger partial charge in [-0.2, -0.15) is 13.2 Å². The largest absolute Gasteiger partial charge is 0.471 e. The molecule has 0 heterocycles. The summed E-state index contributed by atoms with van der Waals surface area (Å²) in [6.07, 6.45) is -5.98. The maximum absolute atomic E-state index is 13.1. The highest BCUT2D eigenvalue weighted by Crippen LogP contribution is 2.25. The minimum atomic E-state index is -5.08. The number of sulfonamides is 1. The molecule has 2 rings (SSSR count). The number of benzene rings is 2. The number of amides is 1. The first kappa shape index (κ1) is 26.8. The van der Waals surface area contributed by atoms with Crippen molar-refractivity contribution in [3.05, 3.63) is 65.7 Å². The number of rotatable bonds is 11. The highest BCUT2D eigenvalue weighted by Gasteiger charge is 2.43. The third-order valence-electron chi connectivity index (χ3n) is 4.96. The Kier molecular flexibility index (Phi) is 9.41. The molecule has 0 aliphatic heterocycles. The molecular formula is C22H27F3N2O5S. The molecule has 33 heavy (non-hydrogen) atoms. The second-order valence-corrected chi connectivity index (χ2v) is 9.48. The van der Waals surface area contributed by atoms with Crippen LogP contribution in [0.2, 0.25) is 0 Å². The molecule has 0 unspecified atom stereocenters. The van der Waals surface area contributed by atoms with Crippen molar-refractivity contribution >= 4 is 21.6 Å². The zero-order valence-corrected chi connectivity index (χ0v) is 19.4. The zero-order valence-electron chi connectivity index (χ0n) is 18.6. The van der Waals surface area contributed by atoms with Gasteiger partial charge >= 0.3 is 12.1 Å². The van der Waals surface area contributed by atoms with Crippen LogP contribution in [-0.2, 0) is 37.3 Å². The molecule has 0 saturated heterocycles. The molecule has 0 aliphatic carbocycles. The molecule has 0 N–H and O–H groups in total. The third kappa shape index (κ3) is 7.81. The SMILES string of the molecule is COC(CN(C(=O)C(F)(F)F)c1ccc(CCS(=O)(=O)N(C)Cc2ccccc2)cc1)OC. The van der Waals surface area contributed by atoms with Gasteiger partial charge in [0, 0.05) is 33.5 Å². The van der Waals surface area contributed by atoms with Gasteiger partial charge in [-0.05, 0) is 29.7 Å². The first-order valence-electron chi connectivity index (χ1n) is 9.99. The summed E-state index contributed by atoms with van der Waals surface area (Å²) >= 11 is 0. The second-order valence-electron chi connectivity index (χ2n) is 7.29. The molecule has 7 nitrogen and oxygen atoms in total. The summed E-state index contributed by atoms with van der Waals surface area (Å²) < 4.78 is 75.5. The Hall–Kier alpha value is -2.47. The van der Waals surface area contributed by atoms with Gasteiger partial charge in [-0.25, -0.2) is 12.7 Å². The van der Waals surface area contributed by atoms with Crippen molar-refractivity contribution in [3.8, 4) is 0 Å². The molecule has 0 atom stereocenters. The van der Waals surface area contributed by atoms with E-state index in [-0.39, 0.29) is 24.4 Å². The van der Waals surface area contributed by atoms with Crippen molar-refractivity contribution in [1.29, 1.82) is 0 Å². The van der Waals surface area contributed by atoms with E-state index in [2.05, 4.69) is 0 Å². The predicted octanol–water partition coefficient (Wildman–Crippen LogP) is 3.21. The van der Waals surface area contributed by atoms with E-state index in [9.17, 15) is 26.4 Å². The summed E-state index contributed by atoms with van der Waals surface area (Å²) in [4.78, 5) is 12.4. The molecule has 2 aromatic carbocycles. The molecule has 0 radical (unpaired) electrons. The van der Waals surface area contributed by atoms with Gasteiger partial charge in [0.2, 0.25) is 10.0 Å². The van der Waals surface area contributed by atoms with Crippen molar-refractivity contribution < 1.29 is 35.9 Å². The highest BCUT2D eigenvalue weighted by atomic mass is 32.2. The smallest absolute Gasteiger partial charge is 0.354 e. The van der Waals surface area contributed by atoms with E-state index in [0.29, 0.717) is 10.5 Å². The van der Waals surface area contributed by atoms with E-state index in [1.165, 1.54) is 49.8 Å². The first-order chi connectivity index (χ1) is 15.5. The normalized spacial score (nSPS) is 12.4. The molecule has 0 spiro atoms. The van der Waals surface area contributed by atoms with Crippen molar-refractivity contribution in [2.75, 3.05) is 38.5 Å².